The van der Waals surface area contributed by atoms with Crippen LogP contribution in [-0.2, 0) is 18.9 Å². The van der Waals surface area contributed by atoms with E-state index >= 15 is 0 Å². The predicted octanol–water partition coefficient (Wildman–Crippen LogP) is -6.92. The number of rotatable bonds is 13. The van der Waals surface area contributed by atoms with Crippen molar-refractivity contribution < 1.29 is 54.5 Å². The zero-order valence-corrected chi connectivity index (χ0v) is 24.0. The Kier molecular flexibility index (Phi) is 14.1. The lowest BCUT2D eigenvalue weighted by Crippen LogP contribution is -2.69. The Balaban J connectivity index is 1.76. The third-order valence-corrected chi connectivity index (χ3v) is 7.93. The first-order valence-corrected chi connectivity index (χ1v) is 14.5. The van der Waals surface area contributed by atoms with Crippen LogP contribution in [-0.4, -0.2) is 167 Å². The molecule has 2 heterocycles. The summed E-state index contributed by atoms with van der Waals surface area (Å²) in [6.45, 7) is -0.229. The van der Waals surface area contributed by atoms with E-state index in [-0.39, 0.29) is 32.2 Å². The molecule has 0 radical (unpaired) electrons. The number of aliphatic hydroxyl groups is 5. The van der Waals surface area contributed by atoms with Gasteiger partial charge >= 0.3 is 6.03 Å². The van der Waals surface area contributed by atoms with Gasteiger partial charge in [-0.25, -0.2) is 9.86 Å². The lowest BCUT2D eigenvalue weighted by molar-refractivity contribution is -0.314. The number of hydrogen-bond acceptors (Lipinski definition) is 17. The van der Waals surface area contributed by atoms with Crippen molar-refractivity contribution >= 4 is 6.03 Å². The van der Waals surface area contributed by atoms with Gasteiger partial charge in [-0.15, -0.1) is 0 Å². The molecule has 19 heteroatoms. The first-order chi connectivity index (χ1) is 20.4. The zero-order valence-electron chi connectivity index (χ0n) is 24.0. The van der Waals surface area contributed by atoms with Gasteiger partial charge in [-0.1, -0.05) is 0 Å². The van der Waals surface area contributed by atoms with Crippen LogP contribution in [0.5, 0.6) is 0 Å². The summed E-state index contributed by atoms with van der Waals surface area (Å²) < 4.78 is 23.6. The molecule has 0 aromatic heterocycles. The average molecular weight is 627 g/mol. The maximum Gasteiger partial charge on any atom is 0.341 e. The summed E-state index contributed by atoms with van der Waals surface area (Å²) in [5, 5.41) is 67.1. The first-order valence-electron chi connectivity index (χ1n) is 14.5. The van der Waals surface area contributed by atoms with Crippen molar-refractivity contribution in [3.05, 3.63) is 0 Å². The molecule has 3 fully saturated rings. The summed E-state index contributed by atoms with van der Waals surface area (Å²) in [5.74, 6) is 0. The van der Waals surface area contributed by atoms with Crippen molar-refractivity contribution in [1.29, 1.82) is 0 Å². The third-order valence-electron chi connectivity index (χ3n) is 7.93. The Labute approximate surface area is 249 Å². The molecule has 19 nitrogen and oxygen atoms in total. The fourth-order valence-corrected chi connectivity index (χ4v) is 5.38. The Morgan fingerprint density at radius 3 is 2.33 bits per heavy atom. The molecule has 1 aliphatic carbocycles. The lowest BCUT2D eigenvalue weighted by Gasteiger charge is -2.48. The van der Waals surface area contributed by atoms with Crippen molar-refractivity contribution in [3.8, 4) is 0 Å². The van der Waals surface area contributed by atoms with Gasteiger partial charge in [-0.05, 0) is 19.3 Å². The van der Waals surface area contributed by atoms with Gasteiger partial charge in [0.15, 0.2) is 12.6 Å². The minimum absolute atomic E-state index is 0.0240. The third kappa shape index (κ3) is 9.33. The van der Waals surface area contributed by atoms with E-state index in [0.29, 0.717) is 31.0 Å². The number of aliphatic hydroxyl groups excluding tert-OH is 5. The summed E-state index contributed by atoms with van der Waals surface area (Å²) >= 11 is 0. The second-order valence-corrected chi connectivity index (χ2v) is 11.3. The van der Waals surface area contributed by atoms with Crippen LogP contribution in [0.4, 0.5) is 4.79 Å². The van der Waals surface area contributed by atoms with Crippen molar-refractivity contribution in [1.82, 2.24) is 15.7 Å². The van der Waals surface area contributed by atoms with Gasteiger partial charge in [0.2, 0.25) is 0 Å². The van der Waals surface area contributed by atoms with Crippen molar-refractivity contribution in [2.45, 2.75) is 105 Å². The standard InChI is InChI=1S/C24H50N8O11/c25-3-4-32(39)24(38)31-14-5-13(28)20(42-22-12(27)2-1-11(40-22)7-30-6-10(26)8-33)19(37)21(14)43-23-18(36)16(29)17(35)15(9-34)41-23/h10-23,30,33-37,39H,1-9,25-29H2,(H,31,38)/t10?,11-,12+,13-,14+,15+,16-,17+,18+,19-,20?,21-,22+,23+/m0/s1. The number of nitrogens with two attached hydrogens (primary N) is 5. The van der Waals surface area contributed by atoms with E-state index in [1.165, 1.54) is 0 Å². The topological polar surface area (TPSA) is 333 Å². The van der Waals surface area contributed by atoms with Crippen LogP contribution >= 0.6 is 0 Å². The number of nitrogens with one attached hydrogen (secondary N) is 2. The fourth-order valence-electron chi connectivity index (χ4n) is 5.38. The highest BCUT2D eigenvalue weighted by Gasteiger charge is 2.51. The van der Waals surface area contributed by atoms with E-state index in [1.54, 1.807) is 0 Å². The van der Waals surface area contributed by atoms with Crippen molar-refractivity contribution in [3.63, 3.8) is 0 Å². The van der Waals surface area contributed by atoms with Gasteiger partial charge in [-0.3, -0.25) is 5.21 Å². The number of hydroxylamine groups is 2. The van der Waals surface area contributed by atoms with Crippen LogP contribution in [0.2, 0.25) is 0 Å². The lowest BCUT2D eigenvalue weighted by atomic mass is 9.83. The molecule has 2 saturated heterocycles. The highest BCUT2D eigenvalue weighted by atomic mass is 16.7. The molecular weight excluding hydrogens is 576 g/mol. The molecule has 2 aliphatic heterocycles. The second kappa shape index (κ2) is 16.8. The molecule has 18 N–H and O–H groups in total. The summed E-state index contributed by atoms with van der Waals surface area (Å²) in [4.78, 5) is 12.6. The average Bonchev–Trinajstić information content (AvgIpc) is 2.98. The van der Waals surface area contributed by atoms with Gasteiger partial charge in [-0.2, -0.15) is 0 Å². The largest absolute Gasteiger partial charge is 0.395 e. The quantitative estimate of drug-likeness (QED) is 0.0667. The monoisotopic (exact) mass is 626 g/mol. The number of carbonyl (C=O) groups excluding carboxylic acids is 1. The van der Waals surface area contributed by atoms with Crippen LogP contribution < -0.4 is 39.3 Å². The van der Waals surface area contributed by atoms with Gasteiger partial charge in [0.25, 0.3) is 0 Å². The maximum atomic E-state index is 12.6. The highest BCUT2D eigenvalue weighted by Crippen LogP contribution is 2.31. The van der Waals surface area contributed by atoms with Gasteiger partial charge in [0, 0.05) is 31.7 Å². The predicted molar refractivity (Wildman–Crippen MR) is 148 cm³/mol. The normalized spacial score (nSPS) is 41.0. The molecule has 0 aromatic carbocycles. The van der Waals surface area contributed by atoms with Crippen molar-refractivity contribution in [2.75, 3.05) is 39.4 Å². The van der Waals surface area contributed by atoms with Crippen LogP contribution in [0.15, 0.2) is 0 Å². The van der Waals surface area contributed by atoms with E-state index in [0.717, 1.165) is 0 Å². The van der Waals surface area contributed by atoms with E-state index in [9.17, 15) is 30.4 Å². The zero-order chi connectivity index (χ0) is 31.8. The molecule has 252 valence electrons. The fraction of sp³-hybridized carbons (Fsp3) is 0.958. The Hall–Kier alpha value is -1.37. The first kappa shape index (κ1) is 36.1. The van der Waals surface area contributed by atoms with E-state index in [2.05, 4.69) is 10.6 Å². The van der Waals surface area contributed by atoms with Crippen LogP contribution in [0.25, 0.3) is 0 Å². The Morgan fingerprint density at radius 2 is 1.67 bits per heavy atom. The number of amides is 2. The number of carbonyl (C=O) groups is 1. The molecule has 0 bridgehead atoms. The molecule has 1 saturated carbocycles. The highest BCUT2D eigenvalue weighted by molar-refractivity contribution is 5.73. The number of urea groups is 1. The summed E-state index contributed by atoms with van der Waals surface area (Å²) in [6, 6.07) is -5.11. The van der Waals surface area contributed by atoms with Gasteiger partial charge in [0.05, 0.1) is 44.0 Å². The smallest absolute Gasteiger partial charge is 0.341 e. The van der Waals surface area contributed by atoms with Crippen LogP contribution in [0.1, 0.15) is 19.3 Å². The minimum atomic E-state index is -1.58. The number of nitrogens with zero attached hydrogens (tertiary/aromatic N) is 1. The second-order valence-electron chi connectivity index (χ2n) is 11.3. The van der Waals surface area contributed by atoms with Gasteiger partial charge in [0.1, 0.15) is 36.6 Å². The van der Waals surface area contributed by atoms with E-state index < -0.39 is 92.1 Å². The summed E-state index contributed by atoms with van der Waals surface area (Å²) in [7, 11) is 0. The van der Waals surface area contributed by atoms with Crippen LogP contribution in [0, 0.1) is 0 Å². The minimum Gasteiger partial charge on any atom is -0.395 e. The molecule has 2 amide bonds. The summed E-state index contributed by atoms with van der Waals surface area (Å²) in [6.07, 6.45) is -9.89. The molecule has 14 atom stereocenters. The molecule has 0 aromatic rings. The molecule has 43 heavy (non-hydrogen) atoms. The molecule has 3 aliphatic rings. The van der Waals surface area contributed by atoms with Gasteiger partial charge < -0.3 is 83.8 Å². The Morgan fingerprint density at radius 1 is 0.977 bits per heavy atom. The van der Waals surface area contributed by atoms with E-state index in [4.69, 9.17) is 52.7 Å². The molecule has 3 rings (SSSR count). The Bertz CT molecular complexity index is 853. The summed E-state index contributed by atoms with van der Waals surface area (Å²) in [5.41, 5.74) is 29.7. The maximum absolute atomic E-state index is 12.6. The SMILES string of the molecule is NCCN(O)C(=O)N[C@@H]1C[C@H](N)C(O[C@H]2O[C@H](CNCC(N)CO)CC[C@H]2N)[C@H](O)[C@H]1O[C@H]1O[C@H](CO)[C@@H](O)[C@H](N)[C@H]1O. The molecular formula is C24H50N8O11. The number of ether oxygens (including phenoxy) is 4. The van der Waals surface area contributed by atoms with Crippen molar-refractivity contribution in [2.24, 2.45) is 28.7 Å². The molecule has 2 unspecified atom stereocenters. The number of hydrogen-bond donors (Lipinski definition) is 13. The molecule has 0 spiro atoms. The van der Waals surface area contributed by atoms with Crippen LogP contribution in [0.3, 0.4) is 0 Å². The van der Waals surface area contributed by atoms with E-state index in [1.807, 2.05) is 0 Å².